The van der Waals surface area contributed by atoms with Crippen molar-refractivity contribution in [2.45, 2.75) is 26.2 Å². The van der Waals surface area contributed by atoms with Crippen molar-refractivity contribution in [2.75, 3.05) is 11.9 Å². The summed E-state index contributed by atoms with van der Waals surface area (Å²) >= 11 is 11.3. The number of hydrogen-bond donors (Lipinski definition) is 1. The molecule has 1 amide bonds. The molecule has 0 fully saturated rings. The molecule has 0 spiro atoms. The van der Waals surface area contributed by atoms with E-state index in [1.807, 2.05) is 0 Å². The molecule has 1 N–H and O–H groups in total. The number of halogens is 2. The first-order chi connectivity index (χ1) is 12.0. The second kappa shape index (κ2) is 9.49. The average molecular weight is 380 g/mol. The number of carbonyl (C=O) groups excluding carboxylic acids is 1. The highest BCUT2D eigenvalue weighted by Crippen LogP contribution is 2.25. The van der Waals surface area contributed by atoms with Crippen LogP contribution in [0.5, 0.6) is 0 Å². The van der Waals surface area contributed by atoms with Crippen LogP contribution in [0.25, 0.3) is 0 Å². The van der Waals surface area contributed by atoms with Crippen molar-refractivity contribution in [3.8, 4) is 0 Å². The first kappa shape index (κ1) is 19.3. The Balaban J connectivity index is 2.11. The normalized spacial score (nSPS) is 10.4. The number of thiocarbonyl (C=S) groups is 1. The van der Waals surface area contributed by atoms with Crippen LogP contribution >= 0.6 is 23.8 Å². The van der Waals surface area contributed by atoms with Crippen molar-refractivity contribution in [2.24, 2.45) is 0 Å². The Morgan fingerprint density at radius 2 is 2.00 bits per heavy atom. The van der Waals surface area contributed by atoms with Crippen LogP contribution in [0.2, 0.25) is 5.02 Å². The summed E-state index contributed by atoms with van der Waals surface area (Å²) in [4.78, 5) is 12.2. The van der Waals surface area contributed by atoms with Gasteiger partial charge in [-0.05, 0) is 48.5 Å². The third-order valence-electron chi connectivity index (χ3n) is 3.52. The zero-order chi connectivity index (χ0) is 18.2. The molecule has 25 heavy (non-hydrogen) atoms. The molecule has 132 valence electrons. The summed E-state index contributed by atoms with van der Waals surface area (Å²) in [6, 6.07) is 11.3. The number of rotatable bonds is 7. The molecule has 2 aromatic rings. The zero-order valence-electron chi connectivity index (χ0n) is 13.9. The van der Waals surface area contributed by atoms with Crippen LogP contribution in [-0.2, 0) is 11.2 Å². The van der Waals surface area contributed by atoms with E-state index in [0.717, 1.165) is 12.8 Å². The Labute approximate surface area is 157 Å². The van der Waals surface area contributed by atoms with Crippen LogP contribution in [-0.4, -0.2) is 17.6 Å². The maximum Gasteiger partial charge on any atom is 0.255 e. The molecule has 2 rings (SSSR count). The Morgan fingerprint density at radius 1 is 1.28 bits per heavy atom. The number of anilines is 1. The van der Waals surface area contributed by atoms with Gasteiger partial charge in [0.25, 0.3) is 5.91 Å². The van der Waals surface area contributed by atoms with Crippen molar-refractivity contribution in [3.05, 3.63) is 64.4 Å². The van der Waals surface area contributed by atoms with Gasteiger partial charge < -0.3 is 10.1 Å². The monoisotopic (exact) mass is 379 g/mol. The van der Waals surface area contributed by atoms with Crippen molar-refractivity contribution < 1.29 is 13.9 Å². The molecule has 3 nitrogen and oxygen atoms in total. The third kappa shape index (κ3) is 5.80. The van der Waals surface area contributed by atoms with Gasteiger partial charge in [0, 0.05) is 17.0 Å². The van der Waals surface area contributed by atoms with E-state index in [4.69, 9.17) is 28.6 Å². The maximum absolute atomic E-state index is 14.1. The largest absolute Gasteiger partial charge is 0.487 e. The van der Waals surface area contributed by atoms with Gasteiger partial charge in [-0.2, -0.15) is 0 Å². The molecule has 2 aromatic carbocycles. The fraction of sp³-hybridized carbons (Fsp3) is 0.263. The van der Waals surface area contributed by atoms with E-state index in [1.165, 1.54) is 12.1 Å². The van der Waals surface area contributed by atoms with Gasteiger partial charge in [0.15, 0.2) is 5.05 Å². The summed E-state index contributed by atoms with van der Waals surface area (Å²) < 4.78 is 19.6. The summed E-state index contributed by atoms with van der Waals surface area (Å²) in [5.41, 5.74) is 1.11. The zero-order valence-corrected chi connectivity index (χ0v) is 15.4. The molecule has 6 heteroatoms. The van der Waals surface area contributed by atoms with E-state index in [9.17, 15) is 9.18 Å². The fourth-order valence-electron chi connectivity index (χ4n) is 2.15. The van der Waals surface area contributed by atoms with Gasteiger partial charge in [0.1, 0.15) is 5.82 Å². The summed E-state index contributed by atoms with van der Waals surface area (Å²) in [6.07, 6.45) is 2.21. The molecule has 0 radical (unpaired) electrons. The van der Waals surface area contributed by atoms with Crippen molar-refractivity contribution in [1.29, 1.82) is 0 Å². The molecule has 0 aliphatic carbocycles. The molecule has 0 atom stereocenters. The van der Waals surface area contributed by atoms with Crippen molar-refractivity contribution in [1.82, 2.24) is 0 Å². The van der Waals surface area contributed by atoms with Crippen molar-refractivity contribution >= 4 is 40.5 Å². The molecule has 0 unspecified atom stereocenters. The molecule has 0 bridgehead atoms. The summed E-state index contributed by atoms with van der Waals surface area (Å²) in [6.45, 7) is 2.61. The highest BCUT2D eigenvalue weighted by atomic mass is 35.5. The minimum Gasteiger partial charge on any atom is -0.487 e. The van der Waals surface area contributed by atoms with Crippen LogP contribution in [0.4, 0.5) is 10.1 Å². The highest BCUT2D eigenvalue weighted by Gasteiger charge is 2.14. The first-order valence-corrected chi connectivity index (χ1v) is 8.79. The molecule has 0 aromatic heterocycles. The topological polar surface area (TPSA) is 38.3 Å². The predicted molar refractivity (Wildman–Crippen MR) is 103 cm³/mol. The Morgan fingerprint density at radius 3 is 2.68 bits per heavy atom. The van der Waals surface area contributed by atoms with Gasteiger partial charge in [-0.15, -0.1) is 0 Å². The van der Waals surface area contributed by atoms with E-state index in [1.54, 1.807) is 30.3 Å². The van der Waals surface area contributed by atoms with E-state index in [2.05, 4.69) is 12.2 Å². The fourth-order valence-corrected chi connectivity index (χ4v) is 2.60. The molecule has 0 saturated carbocycles. The molecule has 0 aliphatic rings. The molecular formula is C19H19ClFNO2S. The lowest BCUT2D eigenvalue weighted by molar-refractivity contribution is 0.102. The first-order valence-electron chi connectivity index (χ1n) is 8.01. The Bertz CT molecular complexity index is 753. The number of nitrogens with one attached hydrogen (secondary N) is 1. The molecular weight excluding hydrogens is 361 g/mol. The maximum atomic E-state index is 14.1. The Kier molecular flexibility index (Phi) is 7.34. The second-order valence-corrected chi connectivity index (χ2v) is 6.36. The van der Waals surface area contributed by atoms with Crippen molar-refractivity contribution in [3.63, 3.8) is 0 Å². The number of amides is 1. The van der Waals surface area contributed by atoms with Gasteiger partial charge in [-0.1, -0.05) is 43.1 Å². The number of ether oxygens (including phenoxy) is 1. The predicted octanol–water partition coefficient (Wildman–Crippen LogP) is 5.42. The Hall–Kier alpha value is -1.98. The number of benzene rings is 2. The quantitative estimate of drug-likeness (QED) is 0.515. The van der Waals surface area contributed by atoms with Crippen LogP contribution in [0, 0.1) is 5.82 Å². The van der Waals surface area contributed by atoms with Crippen LogP contribution in [0.3, 0.4) is 0 Å². The van der Waals surface area contributed by atoms with Crippen LogP contribution < -0.4 is 5.32 Å². The van der Waals surface area contributed by atoms with E-state index >= 15 is 0 Å². The number of hydrogen-bond acceptors (Lipinski definition) is 3. The van der Waals surface area contributed by atoms with Gasteiger partial charge in [-0.3, -0.25) is 4.79 Å². The lowest BCUT2D eigenvalue weighted by atomic mass is 10.1. The van der Waals surface area contributed by atoms with E-state index < -0.39 is 11.7 Å². The molecule has 0 aliphatic heterocycles. The standard InChI is InChI=1S/C19H19ClFNO2S/c1-2-3-9-24-18(25)11-14-10-17(16(21)12-15(14)20)22-19(23)13-7-5-4-6-8-13/h4-8,10,12H,2-3,9,11H2,1H3,(H,22,23). The van der Waals surface area contributed by atoms with E-state index in [0.29, 0.717) is 22.8 Å². The van der Waals surface area contributed by atoms with E-state index in [-0.39, 0.29) is 17.1 Å². The van der Waals surface area contributed by atoms with Gasteiger partial charge >= 0.3 is 0 Å². The lowest BCUT2D eigenvalue weighted by Gasteiger charge is -2.12. The lowest BCUT2D eigenvalue weighted by Crippen LogP contribution is -2.14. The third-order valence-corrected chi connectivity index (χ3v) is 4.13. The SMILES string of the molecule is CCCCOC(=S)Cc1cc(NC(=O)c2ccccc2)c(F)cc1Cl. The summed E-state index contributed by atoms with van der Waals surface area (Å²) in [7, 11) is 0. The highest BCUT2D eigenvalue weighted by molar-refractivity contribution is 7.80. The minimum atomic E-state index is -0.601. The average Bonchev–Trinajstić information content (AvgIpc) is 2.60. The molecule has 0 saturated heterocycles. The summed E-state index contributed by atoms with van der Waals surface area (Å²) in [5.74, 6) is -0.995. The smallest absolute Gasteiger partial charge is 0.255 e. The second-order valence-electron chi connectivity index (χ2n) is 5.49. The van der Waals surface area contributed by atoms with Crippen LogP contribution in [0.15, 0.2) is 42.5 Å². The van der Waals surface area contributed by atoms with Crippen LogP contribution in [0.1, 0.15) is 35.7 Å². The van der Waals surface area contributed by atoms with Gasteiger partial charge in [0.05, 0.1) is 12.3 Å². The number of unbranched alkanes of at least 4 members (excludes halogenated alkanes) is 1. The van der Waals surface area contributed by atoms with Gasteiger partial charge in [-0.25, -0.2) is 4.39 Å². The number of carbonyl (C=O) groups is 1. The summed E-state index contributed by atoms with van der Waals surface area (Å²) in [5, 5.41) is 3.20. The van der Waals surface area contributed by atoms with Gasteiger partial charge in [0.2, 0.25) is 0 Å². The minimum absolute atomic E-state index is 0.0598. The molecule has 0 heterocycles.